The Morgan fingerprint density at radius 1 is 1.26 bits per heavy atom. The molecule has 0 spiro atoms. The Bertz CT molecular complexity index is 582. The summed E-state index contributed by atoms with van der Waals surface area (Å²) in [6.45, 7) is 0. The fourth-order valence-corrected chi connectivity index (χ4v) is 2.17. The lowest BCUT2D eigenvalue weighted by molar-refractivity contribution is 0.672. The lowest BCUT2D eigenvalue weighted by Gasteiger charge is -2.18. The van der Waals surface area contributed by atoms with Crippen LogP contribution in [-0.2, 0) is 0 Å². The summed E-state index contributed by atoms with van der Waals surface area (Å²) in [5.74, 6) is 1.46. The first-order valence-corrected chi connectivity index (χ1v) is 6.39. The molecule has 2 heterocycles. The molecule has 0 saturated heterocycles. The van der Waals surface area contributed by atoms with Gasteiger partial charge in [-0.2, -0.15) is 5.26 Å². The Labute approximate surface area is 112 Å². The fraction of sp³-hybridized carbons (Fsp3) is 0.267. The molecule has 4 nitrogen and oxygen atoms in total. The molecule has 4 heteroatoms. The van der Waals surface area contributed by atoms with Gasteiger partial charge in [0, 0.05) is 18.6 Å². The third kappa shape index (κ3) is 2.71. The highest BCUT2D eigenvalue weighted by molar-refractivity contribution is 5.42. The van der Waals surface area contributed by atoms with E-state index in [1.165, 1.54) is 18.4 Å². The molecule has 19 heavy (non-hydrogen) atoms. The van der Waals surface area contributed by atoms with Crippen LogP contribution in [0.25, 0.3) is 0 Å². The van der Waals surface area contributed by atoms with E-state index in [4.69, 9.17) is 5.26 Å². The van der Waals surface area contributed by atoms with Crippen LogP contribution in [0.1, 0.15) is 30.0 Å². The van der Waals surface area contributed by atoms with Crippen molar-refractivity contribution in [3.63, 3.8) is 0 Å². The van der Waals surface area contributed by atoms with Crippen molar-refractivity contribution in [2.24, 2.45) is 5.92 Å². The molecule has 0 radical (unpaired) electrons. The largest absolute Gasteiger partial charge is 0.363 e. The van der Waals surface area contributed by atoms with Gasteiger partial charge in [-0.25, -0.2) is 4.98 Å². The molecule has 0 bridgehead atoms. The maximum absolute atomic E-state index is 8.77. The quantitative estimate of drug-likeness (QED) is 0.906. The summed E-state index contributed by atoms with van der Waals surface area (Å²) < 4.78 is 0. The summed E-state index contributed by atoms with van der Waals surface area (Å²) in [5, 5.41) is 12.2. The van der Waals surface area contributed by atoms with Crippen LogP contribution in [-0.4, -0.2) is 9.97 Å². The molecule has 2 aromatic heterocycles. The second-order valence-electron chi connectivity index (χ2n) is 4.79. The van der Waals surface area contributed by atoms with Crippen molar-refractivity contribution >= 4 is 5.82 Å². The maximum Gasteiger partial charge on any atom is 0.126 e. The predicted octanol–water partition coefficient (Wildman–Crippen LogP) is 2.91. The highest BCUT2D eigenvalue weighted by Crippen LogP contribution is 2.42. The third-order valence-corrected chi connectivity index (χ3v) is 3.33. The Balaban J connectivity index is 1.80. The summed E-state index contributed by atoms with van der Waals surface area (Å²) >= 11 is 0. The van der Waals surface area contributed by atoms with Gasteiger partial charge in [-0.1, -0.05) is 6.07 Å². The van der Waals surface area contributed by atoms with E-state index in [2.05, 4.69) is 27.4 Å². The van der Waals surface area contributed by atoms with Crippen molar-refractivity contribution in [3.8, 4) is 6.07 Å². The minimum Gasteiger partial charge on any atom is -0.363 e. The molecular formula is C15H14N4. The number of hydrogen-bond acceptors (Lipinski definition) is 4. The first-order chi connectivity index (χ1) is 9.36. The number of nitrogens with one attached hydrogen (secondary N) is 1. The number of pyridine rings is 2. The third-order valence-electron chi connectivity index (χ3n) is 3.33. The Hall–Kier alpha value is -2.41. The smallest absolute Gasteiger partial charge is 0.126 e. The van der Waals surface area contributed by atoms with Crippen molar-refractivity contribution in [3.05, 3.63) is 54.0 Å². The van der Waals surface area contributed by atoms with Crippen LogP contribution in [0.3, 0.4) is 0 Å². The minimum absolute atomic E-state index is 0.258. The van der Waals surface area contributed by atoms with Gasteiger partial charge in [0.05, 0.1) is 11.6 Å². The molecule has 3 rings (SSSR count). The van der Waals surface area contributed by atoms with Gasteiger partial charge in [0.25, 0.3) is 0 Å². The summed E-state index contributed by atoms with van der Waals surface area (Å²) in [6, 6.07) is 10.0. The van der Waals surface area contributed by atoms with Crippen LogP contribution < -0.4 is 5.32 Å². The van der Waals surface area contributed by atoms with Crippen molar-refractivity contribution in [2.75, 3.05) is 5.32 Å². The molecule has 1 N–H and O–H groups in total. The molecular weight excluding hydrogens is 236 g/mol. The zero-order valence-corrected chi connectivity index (χ0v) is 10.5. The van der Waals surface area contributed by atoms with E-state index >= 15 is 0 Å². The van der Waals surface area contributed by atoms with E-state index in [0.717, 1.165) is 5.82 Å². The van der Waals surface area contributed by atoms with E-state index in [0.29, 0.717) is 11.5 Å². The molecule has 1 aliphatic rings. The van der Waals surface area contributed by atoms with Crippen molar-refractivity contribution < 1.29 is 0 Å². The Kier molecular flexibility index (Phi) is 3.11. The summed E-state index contributed by atoms with van der Waals surface area (Å²) in [5.41, 5.74) is 1.77. The predicted molar refractivity (Wildman–Crippen MR) is 72.3 cm³/mol. The van der Waals surface area contributed by atoms with Gasteiger partial charge in [0.15, 0.2) is 0 Å². The zero-order valence-electron chi connectivity index (χ0n) is 10.5. The van der Waals surface area contributed by atoms with E-state index in [1.54, 1.807) is 18.5 Å². The van der Waals surface area contributed by atoms with Crippen molar-refractivity contribution in [1.29, 1.82) is 5.26 Å². The van der Waals surface area contributed by atoms with Gasteiger partial charge >= 0.3 is 0 Å². The van der Waals surface area contributed by atoms with Crippen LogP contribution >= 0.6 is 0 Å². The average molecular weight is 250 g/mol. The number of nitrogens with zero attached hydrogens (tertiary/aromatic N) is 3. The van der Waals surface area contributed by atoms with Crippen LogP contribution in [0.2, 0.25) is 0 Å². The fourth-order valence-electron chi connectivity index (χ4n) is 2.17. The number of aromatic nitrogens is 2. The molecule has 1 aliphatic carbocycles. The zero-order chi connectivity index (χ0) is 13.1. The Morgan fingerprint density at radius 2 is 2.16 bits per heavy atom. The number of hydrogen-bond donors (Lipinski definition) is 1. The Morgan fingerprint density at radius 3 is 2.74 bits per heavy atom. The summed E-state index contributed by atoms with van der Waals surface area (Å²) in [6.07, 6.45) is 7.76. The topological polar surface area (TPSA) is 61.6 Å². The first-order valence-electron chi connectivity index (χ1n) is 6.39. The van der Waals surface area contributed by atoms with E-state index < -0.39 is 0 Å². The second-order valence-corrected chi connectivity index (χ2v) is 4.79. The van der Waals surface area contributed by atoms with Gasteiger partial charge in [0.1, 0.15) is 11.9 Å². The number of rotatable bonds is 4. The van der Waals surface area contributed by atoms with Gasteiger partial charge < -0.3 is 5.32 Å². The molecule has 0 aliphatic heterocycles. The molecule has 0 amide bonds. The molecule has 1 fully saturated rings. The summed E-state index contributed by atoms with van der Waals surface area (Å²) in [4.78, 5) is 8.45. The van der Waals surface area contributed by atoms with Gasteiger partial charge in [-0.15, -0.1) is 0 Å². The first kappa shape index (κ1) is 11.7. The molecule has 2 aromatic rings. The second kappa shape index (κ2) is 5.07. The van der Waals surface area contributed by atoms with Crippen LogP contribution in [0.15, 0.2) is 42.9 Å². The van der Waals surface area contributed by atoms with Gasteiger partial charge in [0.2, 0.25) is 0 Å². The normalized spacial score (nSPS) is 15.5. The monoisotopic (exact) mass is 250 g/mol. The average Bonchev–Trinajstić information content (AvgIpc) is 3.31. The lowest BCUT2D eigenvalue weighted by Crippen LogP contribution is -2.14. The van der Waals surface area contributed by atoms with E-state index in [-0.39, 0.29) is 6.04 Å². The lowest BCUT2D eigenvalue weighted by atomic mass is 10.0. The van der Waals surface area contributed by atoms with E-state index in [9.17, 15) is 0 Å². The molecule has 94 valence electrons. The summed E-state index contributed by atoms with van der Waals surface area (Å²) in [7, 11) is 0. The highest BCUT2D eigenvalue weighted by atomic mass is 15.0. The SMILES string of the molecule is N#Cc1ccc(N[C@@H](c2cccnc2)C2CC2)nc1. The van der Waals surface area contributed by atoms with Gasteiger partial charge in [-0.05, 0) is 42.5 Å². The van der Waals surface area contributed by atoms with E-state index in [1.807, 2.05) is 18.3 Å². The minimum atomic E-state index is 0.258. The van der Waals surface area contributed by atoms with Crippen LogP contribution in [0.4, 0.5) is 5.82 Å². The van der Waals surface area contributed by atoms with Crippen LogP contribution in [0.5, 0.6) is 0 Å². The van der Waals surface area contributed by atoms with Crippen molar-refractivity contribution in [2.45, 2.75) is 18.9 Å². The standard InChI is InChI=1S/C15H14N4/c16-8-11-3-6-14(18-9-11)19-15(12-4-5-12)13-2-1-7-17-10-13/h1-3,6-7,9-10,12,15H,4-5H2,(H,18,19)/t15-/m1/s1. The van der Waals surface area contributed by atoms with Gasteiger partial charge in [-0.3, -0.25) is 4.98 Å². The highest BCUT2D eigenvalue weighted by Gasteiger charge is 2.32. The maximum atomic E-state index is 8.77. The number of anilines is 1. The number of nitriles is 1. The van der Waals surface area contributed by atoms with Crippen molar-refractivity contribution in [1.82, 2.24) is 9.97 Å². The molecule has 1 saturated carbocycles. The molecule has 0 aromatic carbocycles. The molecule has 0 unspecified atom stereocenters. The molecule has 1 atom stereocenters. The van der Waals surface area contributed by atoms with Crippen LogP contribution in [0, 0.1) is 17.2 Å².